The van der Waals surface area contributed by atoms with E-state index >= 15 is 0 Å². The van der Waals surface area contributed by atoms with E-state index in [1.807, 2.05) is 18.4 Å². The SMILES string of the molecule is CCCCC(CC)c1nnc(CCCNC)s1. The van der Waals surface area contributed by atoms with Crippen molar-refractivity contribution in [1.82, 2.24) is 15.5 Å². The van der Waals surface area contributed by atoms with Gasteiger partial charge in [0.15, 0.2) is 0 Å². The van der Waals surface area contributed by atoms with Gasteiger partial charge in [-0.1, -0.05) is 26.7 Å². The molecule has 0 aliphatic carbocycles. The van der Waals surface area contributed by atoms with Crippen LogP contribution < -0.4 is 5.32 Å². The summed E-state index contributed by atoms with van der Waals surface area (Å²) in [6.07, 6.45) is 7.22. The van der Waals surface area contributed by atoms with Gasteiger partial charge in [-0.25, -0.2) is 0 Å². The van der Waals surface area contributed by atoms with Crippen LogP contribution in [0.25, 0.3) is 0 Å². The highest BCUT2D eigenvalue weighted by molar-refractivity contribution is 7.11. The van der Waals surface area contributed by atoms with E-state index in [0.29, 0.717) is 5.92 Å². The first kappa shape index (κ1) is 14.6. The molecular formula is C13H25N3S. The van der Waals surface area contributed by atoms with Crippen molar-refractivity contribution in [3.63, 3.8) is 0 Å². The van der Waals surface area contributed by atoms with Crippen molar-refractivity contribution < 1.29 is 0 Å². The molecule has 0 aliphatic heterocycles. The van der Waals surface area contributed by atoms with Crippen molar-refractivity contribution in [3.8, 4) is 0 Å². The maximum absolute atomic E-state index is 4.37. The van der Waals surface area contributed by atoms with Crippen LogP contribution in [-0.2, 0) is 6.42 Å². The first-order chi connectivity index (χ1) is 8.31. The molecule has 0 bridgehead atoms. The number of unbranched alkanes of at least 4 members (excludes halogenated alkanes) is 1. The van der Waals surface area contributed by atoms with Crippen LogP contribution in [0.4, 0.5) is 0 Å². The van der Waals surface area contributed by atoms with Gasteiger partial charge >= 0.3 is 0 Å². The molecular weight excluding hydrogens is 230 g/mol. The predicted molar refractivity (Wildman–Crippen MR) is 74.7 cm³/mol. The Kier molecular flexibility index (Phi) is 7.37. The molecule has 1 N–H and O–H groups in total. The third-order valence-corrected chi connectivity index (χ3v) is 4.19. The number of aryl methyl sites for hydroxylation is 1. The van der Waals surface area contributed by atoms with Crippen LogP contribution in [0.3, 0.4) is 0 Å². The van der Waals surface area contributed by atoms with Crippen molar-refractivity contribution >= 4 is 11.3 Å². The molecule has 0 amide bonds. The zero-order valence-electron chi connectivity index (χ0n) is 11.3. The maximum Gasteiger partial charge on any atom is 0.120 e. The maximum atomic E-state index is 4.37. The van der Waals surface area contributed by atoms with E-state index < -0.39 is 0 Å². The average molecular weight is 255 g/mol. The summed E-state index contributed by atoms with van der Waals surface area (Å²) in [5.74, 6) is 0.630. The van der Waals surface area contributed by atoms with Crippen molar-refractivity contribution in [2.45, 2.75) is 58.3 Å². The number of hydrogen-bond acceptors (Lipinski definition) is 4. The van der Waals surface area contributed by atoms with Gasteiger partial charge in [0, 0.05) is 12.3 Å². The molecule has 98 valence electrons. The highest BCUT2D eigenvalue weighted by Crippen LogP contribution is 2.28. The number of rotatable bonds is 9. The monoisotopic (exact) mass is 255 g/mol. The second kappa shape index (κ2) is 8.59. The third-order valence-electron chi connectivity index (χ3n) is 3.05. The Hall–Kier alpha value is -0.480. The number of nitrogens with zero attached hydrogens (tertiary/aromatic N) is 2. The lowest BCUT2D eigenvalue weighted by Gasteiger charge is -2.09. The fourth-order valence-corrected chi connectivity index (χ4v) is 3.00. The van der Waals surface area contributed by atoms with Gasteiger partial charge in [0.05, 0.1) is 0 Å². The van der Waals surface area contributed by atoms with Gasteiger partial charge in [-0.3, -0.25) is 0 Å². The summed E-state index contributed by atoms with van der Waals surface area (Å²) >= 11 is 1.82. The molecule has 0 fully saturated rings. The number of hydrogen-bond donors (Lipinski definition) is 1. The number of aromatic nitrogens is 2. The van der Waals surface area contributed by atoms with Gasteiger partial charge in [-0.05, 0) is 32.9 Å². The average Bonchev–Trinajstić information content (AvgIpc) is 2.79. The molecule has 1 unspecified atom stereocenters. The summed E-state index contributed by atoms with van der Waals surface area (Å²) in [6, 6.07) is 0. The zero-order valence-corrected chi connectivity index (χ0v) is 12.1. The van der Waals surface area contributed by atoms with Gasteiger partial charge < -0.3 is 5.32 Å². The Morgan fingerprint density at radius 1 is 1.24 bits per heavy atom. The van der Waals surface area contributed by atoms with Crippen LogP contribution in [0.2, 0.25) is 0 Å². The fourth-order valence-electron chi connectivity index (χ4n) is 1.90. The summed E-state index contributed by atoms with van der Waals surface area (Å²) in [7, 11) is 1.99. The predicted octanol–water partition coefficient (Wildman–Crippen LogP) is 3.37. The van der Waals surface area contributed by atoms with Crippen LogP contribution in [-0.4, -0.2) is 23.8 Å². The molecule has 1 atom stereocenters. The summed E-state index contributed by atoms with van der Waals surface area (Å²) < 4.78 is 0. The van der Waals surface area contributed by atoms with Crippen molar-refractivity contribution in [3.05, 3.63) is 10.0 Å². The van der Waals surface area contributed by atoms with E-state index in [-0.39, 0.29) is 0 Å². The minimum Gasteiger partial charge on any atom is -0.320 e. The van der Waals surface area contributed by atoms with E-state index in [1.54, 1.807) is 0 Å². The normalized spacial score (nSPS) is 12.9. The molecule has 1 heterocycles. The van der Waals surface area contributed by atoms with Crippen LogP contribution in [0.15, 0.2) is 0 Å². The topological polar surface area (TPSA) is 37.8 Å². The Morgan fingerprint density at radius 3 is 2.71 bits per heavy atom. The molecule has 1 aromatic heterocycles. The molecule has 0 aliphatic rings. The zero-order chi connectivity index (χ0) is 12.5. The molecule has 1 rings (SSSR count). The van der Waals surface area contributed by atoms with E-state index in [4.69, 9.17) is 0 Å². The standard InChI is InChI=1S/C13H25N3S/c1-4-6-8-11(5-2)13-16-15-12(17-13)9-7-10-14-3/h11,14H,4-10H2,1-3H3. The highest BCUT2D eigenvalue weighted by atomic mass is 32.1. The van der Waals surface area contributed by atoms with Gasteiger partial charge in [0.25, 0.3) is 0 Å². The van der Waals surface area contributed by atoms with Crippen LogP contribution >= 0.6 is 11.3 Å². The van der Waals surface area contributed by atoms with Crippen LogP contribution in [0.5, 0.6) is 0 Å². The second-order valence-corrected chi connectivity index (χ2v) is 5.58. The van der Waals surface area contributed by atoms with Crippen LogP contribution in [0, 0.1) is 0 Å². The molecule has 0 radical (unpaired) electrons. The number of nitrogens with one attached hydrogen (secondary N) is 1. The lowest BCUT2D eigenvalue weighted by Crippen LogP contribution is -2.08. The van der Waals surface area contributed by atoms with E-state index in [9.17, 15) is 0 Å². The Labute approximate surface area is 109 Å². The smallest absolute Gasteiger partial charge is 0.120 e. The highest BCUT2D eigenvalue weighted by Gasteiger charge is 2.14. The lowest BCUT2D eigenvalue weighted by molar-refractivity contribution is 0.563. The van der Waals surface area contributed by atoms with Crippen molar-refractivity contribution in [2.24, 2.45) is 0 Å². The minimum atomic E-state index is 0.630. The van der Waals surface area contributed by atoms with E-state index in [1.165, 1.54) is 35.7 Å². The molecule has 3 nitrogen and oxygen atoms in total. The summed E-state index contributed by atoms with van der Waals surface area (Å²) in [5.41, 5.74) is 0. The second-order valence-electron chi connectivity index (χ2n) is 4.49. The molecule has 0 saturated heterocycles. The summed E-state index contributed by atoms with van der Waals surface area (Å²) in [5, 5.41) is 14.3. The third kappa shape index (κ3) is 5.13. The minimum absolute atomic E-state index is 0.630. The molecule has 1 aromatic rings. The van der Waals surface area contributed by atoms with Gasteiger partial charge in [-0.2, -0.15) is 0 Å². The first-order valence-corrected chi connectivity index (χ1v) is 7.60. The molecule has 0 spiro atoms. The van der Waals surface area contributed by atoms with E-state index in [2.05, 4.69) is 29.4 Å². The van der Waals surface area contributed by atoms with Crippen molar-refractivity contribution in [2.75, 3.05) is 13.6 Å². The van der Waals surface area contributed by atoms with E-state index in [0.717, 1.165) is 19.4 Å². The van der Waals surface area contributed by atoms with Crippen LogP contribution in [0.1, 0.15) is 61.9 Å². The summed E-state index contributed by atoms with van der Waals surface area (Å²) in [4.78, 5) is 0. The molecule has 4 heteroatoms. The Balaban J connectivity index is 2.46. The molecule has 0 aromatic carbocycles. The Morgan fingerprint density at radius 2 is 2.06 bits per heavy atom. The molecule has 17 heavy (non-hydrogen) atoms. The van der Waals surface area contributed by atoms with Gasteiger partial charge in [-0.15, -0.1) is 21.5 Å². The first-order valence-electron chi connectivity index (χ1n) is 6.78. The lowest BCUT2D eigenvalue weighted by atomic mass is 10.0. The Bertz CT molecular complexity index is 299. The summed E-state index contributed by atoms with van der Waals surface area (Å²) in [6.45, 7) is 5.56. The van der Waals surface area contributed by atoms with Crippen molar-refractivity contribution in [1.29, 1.82) is 0 Å². The fraction of sp³-hybridized carbons (Fsp3) is 0.846. The van der Waals surface area contributed by atoms with Gasteiger partial charge in [0.2, 0.25) is 0 Å². The largest absolute Gasteiger partial charge is 0.320 e. The molecule has 0 saturated carbocycles. The quantitative estimate of drug-likeness (QED) is 0.687. The van der Waals surface area contributed by atoms with Gasteiger partial charge in [0.1, 0.15) is 10.0 Å².